The Morgan fingerprint density at radius 1 is 1.33 bits per heavy atom. The minimum Gasteiger partial charge on any atom is -0.392 e. The van der Waals surface area contributed by atoms with Gasteiger partial charge in [0.25, 0.3) is 0 Å². The highest BCUT2D eigenvalue weighted by molar-refractivity contribution is 9.10. The predicted molar refractivity (Wildman–Crippen MR) is 86.4 cm³/mol. The van der Waals surface area contributed by atoms with Crippen LogP contribution in [0.15, 0.2) is 27.6 Å². The molecule has 0 spiro atoms. The molecule has 0 amide bonds. The summed E-state index contributed by atoms with van der Waals surface area (Å²) < 4.78 is 28.6. The van der Waals surface area contributed by atoms with E-state index in [0.717, 1.165) is 25.7 Å². The second-order valence-corrected chi connectivity index (χ2v) is 8.14. The number of hydrogen-bond acceptors (Lipinski definition) is 3. The third-order valence-electron chi connectivity index (χ3n) is 4.21. The number of benzene rings is 1. The van der Waals surface area contributed by atoms with Crippen LogP contribution in [0.1, 0.15) is 44.6 Å². The van der Waals surface area contributed by atoms with Crippen LogP contribution in [0.3, 0.4) is 0 Å². The SMILES string of the molecule is CCC1CCCCC1NS(=O)(=O)c1cc(CO)ccc1Br. The number of aliphatic hydroxyl groups is 1. The molecule has 1 aliphatic carbocycles. The van der Waals surface area contributed by atoms with E-state index in [9.17, 15) is 13.5 Å². The zero-order valence-corrected chi connectivity index (χ0v) is 14.6. The van der Waals surface area contributed by atoms with Gasteiger partial charge in [0.15, 0.2) is 0 Å². The molecule has 21 heavy (non-hydrogen) atoms. The average Bonchev–Trinajstić information content (AvgIpc) is 2.47. The van der Waals surface area contributed by atoms with Crippen molar-refractivity contribution in [2.75, 3.05) is 0 Å². The lowest BCUT2D eigenvalue weighted by atomic mass is 9.83. The molecule has 0 saturated heterocycles. The molecule has 1 fully saturated rings. The van der Waals surface area contributed by atoms with Gasteiger partial charge in [-0.2, -0.15) is 0 Å². The fourth-order valence-electron chi connectivity index (χ4n) is 2.97. The smallest absolute Gasteiger partial charge is 0.241 e. The summed E-state index contributed by atoms with van der Waals surface area (Å²) in [5.41, 5.74) is 0.592. The Morgan fingerprint density at radius 2 is 2.05 bits per heavy atom. The summed E-state index contributed by atoms with van der Waals surface area (Å²) in [5, 5.41) is 9.19. The molecule has 2 atom stereocenters. The molecule has 0 aromatic heterocycles. The zero-order valence-electron chi connectivity index (χ0n) is 12.2. The van der Waals surface area contributed by atoms with E-state index in [1.807, 2.05) is 0 Å². The molecule has 2 unspecified atom stereocenters. The van der Waals surface area contributed by atoms with Crippen LogP contribution in [-0.2, 0) is 16.6 Å². The molecular formula is C15H22BrNO3S. The maximum Gasteiger partial charge on any atom is 0.241 e. The zero-order chi connectivity index (χ0) is 15.5. The van der Waals surface area contributed by atoms with Crippen LogP contribution in [0.5, 0.6) is 0 Å². The van der Waals surface area contributed by atoms with E-state index >= 15 is 0 Å². The first kappa shape index (κ1) is 16.9. The minimum absolute atomic E-state index is 0.0124. The van der Waals surface area contributed by atoms with Crippen LogP contribution in [0.4, 0.5) is 0 Å². The van der Waals surface area contributed by atoms with E-state index in [4.69, 9.17) is 0 Å². The fraction of sp³-hybridized carbons (Fsp3) is 0.600. The molecule has 2 N–H and O–H groups in total. The lowest BCUT2D eigenvalue weighted by Crippen LogP contribution is -2.41. The van der Waals surface area contributed by atoms with E-state index in [2.05, 4.69) is 27.6 Å². The maximum atomic E-state index is 12.6. The van der Waals surface area contributed by atoms with Crippen molar-refractivity contribution in [1.29, 1.82) is 0 Å². The first-order valence-electron chi connectivity index (χ1n) is 7.39. The normalized spacial score (nSPS) is 23.2. The van der Waals surface area contributed by atoms with Gasteiger partial charge in [-0.05, 0) is 52.4 Å². The summed E-state index contributed by atoms with van der Waals surface area (Å²) in [4.78, 5) is 0.203. The van der Waals surface area contributed by atoms with Crippen LogP contribution in [0.2, 0.25) is 0 Å². The van der Waals surface area contributed by atoms with E-state index in [-0.39, 0.29) is 17.5 Å². The Bertz CT molecular complexity index is 589. The van der Waals surface area contributed by atoms with E-state index in [0.29, 0.717) is 16.0 Å². The van der Waals surface area contributed by atoms with Crippen molar-refractivity contribution in [3.63, 3.8) is 0 Å². The van der Waals surface area contributed by atoms with Gasteiger partial charge in [-0.3, -0.25) is 0 Å². The number of hydrogen-bond donors (Lipinski definition) is 2. The van der Waals surface area contributed by atoms with Gasteiger partial charge in [0.05, 0.1) is 11.5 Å². The van der Waals surface area contributed by atoms with Gasteiger partial charge in [0, 0.05) is 10.5 Å². The largest absolute Gasteiger partial charge is 0.392 e. The molecule has 0 aliphatic heterocycles. The van der Waals surface area contributed by atoms with Crippen molar-refractivity contribution in [2.45, 2.75) is 56.6 Å². The maximum absolute atomic E-state index is 12.6. The van der Waals surface area contributed by atoms with E-state index in [1.54, 1.807) is 12.1 Å². The third-order valence-corrected chi connectivity index (χ3v) is 6.69. The van der Waals surface area contributed by atoms with Gasteiger partial charge in [0.2, 0.25) is 10.0 Å². The van der Waals surface area contributed by atoms with Gasteiger partial charge >= 0.3 is 0 Å². The molecule has 1 aromatic rings. The predicted octanol–water partition coefficient (Wildman–Crippen LogP) is 3.19. The summed E-state index contributed by atoms with van der Waals surface area (Å²) in [6.07, 6.45) is 5.23. The molecule has 6 heteroatoms. The molecule has 0 heterocycles. The van der Waals surface area contributed by atoms with Gasteiger partial charge in [-0.1, -0.05) is 32.3 Å². The quantitative estimate of drug-likeness (QED) is 0.830. The van der Waals surface area contributed by atoms with Gasteiger partial charge in [0.1, 0.15) is 0 Å². The topological polar surface area (TPSA) is 66.4 Å². The Kier molecular flexibility index (Phi) is 5.82. The van der Waals surface area contributed by atoms with Crippen molar-refractivity contribution in [1.82, 2.24) is 4.72 Å². The van der Waals surface area contributed by atoms with Crippen molar-refractivity contribution >= 4 is 26.0 Å². The Balaban J connectivity index is 2.25. The van der Waals surface area contributed by atoms with E-state index in [1.165, 1.54) is 12.5 Å². The summed E-state index contributed by atoms with van der Waals surface area (Å²) in [5.74, 6) is 0.410. The van der Waals surface area contributed by atoms with Crippen molar-refractivity contribution < 1.29 is 13.5 Å². The average molecular weight is 376 g/mol. The van der Waals surface area contributed by atoms with Crippen molar-refractivity contribution in [3.05, 3.63) is 28.2 Å². The monoisotopic (exact) mass is 375 g/mol. The molecule has 1 saturated carbocycles. The Hall–Kier alpha value is -0.430. The summed E-state index contributed by atoms with van der Waals surface area (Å²) in [6, 6.07) is 4.91. The number of rotatable bonds is 5. The molecule has 0 bridgehead atoms. The highest BCUT2D eigenvalue weighted by Crippen LogP contribution is 2.29. The number of aliphatic hydroxyl groups excluding tert-OH is 1. The van der Waals surface area contributed by atoms with Crippen LogP contribution in [0.25, 0.3) is 0 Å². The molecular weight excluding hydrogens is 354 g/mol. The number of halogens is 1. The molecule has 1 aliphatic rings. The molecule has 0 radical (unpaired) electrons. The summed E-state index contributed by atoms with van der Waals surface area (Å²) in [7, 11) is -3.57. The van der Waals surface area contributed by atoms with Crippen LogP contribution in [-0.4, -0.2) is 19.6 Å². The van der Waals surface area contributed by atoms with Crippen LogP contribution >= 0.6 is 15.9 Å². The second-order valence-electron chi connectivity index (χ2n) is 5.60. The third kappa shape index (κ3) is 4.06. The Labute approximate surface area is 135 Å². The van der Waals surface area contributed by atoms with Gasteiger partial charge < -0.3 is 5.11 Å². The molecule has 1 aromatic carbocycles. The second kappa shape index (κ2) is 7.22. The molecule has 4 nitrogen and oxygen atoms in total. The number of nitrogens with one attached hydrogen (secondary N) is 1. The lowest BCUT2D eigenvalue weighted by molar-refractivity contribution is 0.280. The number of sulfonamides is 1. The van der Waals surface area contributed by atoms with Crippen molar-refractivity contribution in [2.24, 2.45) is 5.92 Å². The Morgan fingerprint density at radius 3 is 2.71 bits per heavy atom. The fourth-order valence-corrected chi connectivity index (χ4v) is 5.32. The van der Waals surface area contributed by atoms with Gasteiger partial charge in [-0.15, -0.1) is 0 Å². The summed E-state index contributed by atoms with van der Waals surface area (Å²) in [6.45, 7) is 1.94. The summed E-state index contributed by atoms with van der Waals surface area (Å²) >= 11 is 3.29. The van der Waals surface area contributed by atoms with Crippen LogP contribution < -0.4 is 4.72 Å². The highest BCUT2D eigenvalue weighted by atomic mass is 79.9. The minimum atomic E-state index is -3.57. The van der Waals surface area contributed by atoms with Gasteiger partial charge in [-0.25, -0.2) is 13.1 Å². The molecule has 118 valence electrons. The first-order chi connectivity index (χ1) is 9.97. The first-order valence-corrected chi connectivity index (χ1v) is 9.67. The van der Waals surface area contributed by atoms with Crippen molar-refractivity contribution in [3.8, 4) is 0 Å². The van der Waals surface area contributed by atoms with Crippen LogP contribution in [0, 0.1) is 5.92 Å². The molecule has 2 rings (SSSR count). The highest BCUT2D eigenvalue weighted by Gasteiger charge is 2.29. The van der Waals surface area contributed by atoms with E-state index < -0.39 is 10.0 Å². The standard InChI is InChI=1S/C15H22BrNO3S/c1-2-12-5-3-4-6-14(12)17-21(19,20)15-9-11(10-18)7-8-13(15)16/h7-9,12,14,17-18H,2-6,10H2,1H3. The lowest BCUT2D eigenvalue weighted by Gasteiger charge is -2.31.